The van der Waals surface area contributed by atoms with Crippen molar-refractivity contribution in [3.8, 4) is 0 Å². The van der Waals surface area contributed by atoms with E-state index in [0.29, 0.717) is 24.3 Å². The quantitative estimate of drug-likeness (QED) is 0.554. The first kappa shape index (κ1) is 21.3. The van der Waals surface area contributed by atoms with Gasteiger partial charge in [0, 0.05) is 25.3 Å². The summed E-state index contributed by atoms with van der Waals surface area (Å²) < 4.78 is 39.3. The lowest BCUT2D eigenvalue weighted by molar-refractivity contribution is 0.00578. The molecule has 0 aliphatic carbocycles. The van der Waals surface area contributed by atoms with Crippen LogP contribution in [0.2, 0.25) is 6.32 Å². The van der Waals surface area contributed by atoms with Crippen LogP contribution in [0.15, 0.2) is 53.5 Å². The number of nitrogens with zero attached hydrogens (tertiary/aromatic N) is 1. The molecular formula is C21H30BNO4S. The zero-order valence-corrected chi connectivity index (χ0v) is 18.3. The van der Waals surface area contributed by atoms with Gasteiger partial charge in [0.25, 0.3) is 0 Å². The molecule has 0 saturated carbocycles. The first-order chi connectivity index (χ1) is 12.9. The standard InChI is InChI=1S/C21H30BNO4S/c1-16-9-11-19(12-10-16)28(24,25)23-14-17(2)18(15-23)8-7-13-22-26-20(3,4)21(5,6)27-22/h7-12,18H,2,13-15H2,1,3-6H3/b8-7+. The minimum Gasteiger partial charge on any atom is -0.403 e. The lowest BCUT2D eigenvalue weighted by atomic mass is 9.84. The lowest BCUT2D eigenvalue weighted by Gasteiger charge is -2.32. The zero-order valence-electron chi connectivity index (χ0n) is 17.4. The molecule has 1 unspecified atom stereocenters. The summed E-state index contributed by atoms with van der Waals surface area (Å²) in [7, 11) is -3.79. The van der Waals surface area contributed by atoms with Gasteiger partial charge < -0.3 is 9.31 Å². The van der Waals surface area contributed by atoms with Gasteiger partial charge in [-0.1, -0.05) is 42.0 Å². The van der Waals surface area contributed by atoms with Crippen LogP contribution < -0.4 is 0 Å². The highest BCUT2D eigenvalue weighted by atomic mass is 32.2. The Kier molecular flexibility index (Phi) is 5.67. The highest BCUT2D eigenvalue weighted by Crippen LogP contribution is 2.38. The van der Waals surface area contributed by atoms with E-state index in [1.807, 2.05) is 58.9 Å². The van der Waals surface area contributed by atoms with E-state index >= 15 is 0 Å². The molecule has 5 nitrogen and oxygen atoms in total. The Morgan fingerprint density at radius 3 is 2.32 bits per heavy atom. The minimum atomic E-state index is -3.50. The molecule has 1 aromatic rings. The van der Waals surface area contributed by atoms with Gasteiger partial charge in [0.15, 0.2) is 0 Å². The van der Waals surface area contributed by atoms with E-state index in [2.05, 4.69) is 6.58 Å². The number of sulfonamides is 1. The van der Waals surface area contributed by atoms with Crippen molar-refractivity contribution in [3.05, 3.63) is 54.1 Å². The topological polar surface area (TPSA) is 55.8 Å². The number of rotatable bonds is 5. The van der Waals surface area contributed by atoms with Crippen LogP contribution in [0.1, 0.15) is 33.3 Å². The molecule has 2 fully saturated rings. The lowest BCUT2D eigenvalue weighted by Crippen LogP contribution is -2.41. The van der Waals surface area contributed by atoms with Gasteiger partial charge in [0.2, 0.25) is 10.0 Å². The van der Waals surface area contributed by atoms with Crippen LogP contribution in [-0.4, -0.2) is 44.1 Å². The normalized spacial score (nSPS) is 25.1. The van der Waals surface area contributed by atoms with Gasteiger partial charge in [0.1, 0.15) is 0 Å². The van der Waals surface area contributed by atoms with Crippen LogP contribution in [0, 0.1) is 12.8 Å². The number of allylic oxidation sites excluding steroid dienone is 1. The Hall–Kier alpha value is -1.41. The molecule has 0 radical (unpaired) electrons. The Morgan fingerprint density at radius 2 is 1.75 bits per heavy atom. The van der Waals surface area contributed by atoms with E-state index in [0.717, 1.165) is 11.1 Å². The van der Waals surface area contributed by atoms with Crippen LogP contribution in [0.3, 0.4) is 0 Å². The largest absolute Gasteiger partial charge is 0.461 e. The van der Waals surface area contributed by atoms with Crippen molar-refractivity contribution in [2.45, 2.75) is 57.0 Å². The van der Waals surface area contributed by atoms with Crippen LogP contribution in [0.5, 0.6) is 0 Å². The van der Waals surface area contributed by atoms with E-state index in [-0.39, 0.29) is 24.2 Å². The van der Waals surface area contributed by atoms with Crippen molar-refractivity contribution in [1.29, 1.82) is 0 Å². The molecule has 152 valence electrons. The maximum atomic E-state index is 12.9. The first-order valence-electron chi connectivity index (χ1n) is 9.69. The molecule has 2 aliphatic rings. The molecular weight excluding hydrogens is 373 g/mol. The molecule has 0 spiro atoms. The summed E-state index contributed by atoms with van der Waals surface area (Å²) in [6, 6.07) is 6.96. The summed E-state index contributed by atoms with van der Waals surface area (Å²) in [5, 5.41) is 0. The Balaban J connectivity index is 1.62. The van der Waals surface area contributed by atoms with Crippen molar-refractivity contribution in [1.82, 2.24) is 4.31 Å². The molecule has 0 N–H and O–H groups in total. The van der Waals surface area contributed by atoms with Crippen LogP contribution in [0.25, 0.3) is 0 Å². The average molecular weight is 403 g/mol. The molecule has 1 atom stereocenters. The fourth-order valence-corrected chi connectivity index (χ4v) is 4.88. The third kappa shape index (κ3) is 4.13. The molecule has 2 aliphatic heterocycles. The van der Waals surface area contributed by atoms with Crippen molar-refractivity contribution in [2.75, 3.05) is 13.1 Å². The molecule has 2 saturated heterocycles. The minimum absolute atomic E-state index is 0.00245. The SMILES string of the molecule is C=C1CN(S(=O)(=O)c2ccc(C)cc2)CC1/C=C/CB1OC(C)(C)C(C)(C)O1. The predicted octanol–water partition coefficient (Wildman–Crippen LogP) is 3.82. The van der Waals surface area contributed by atoms with Crippen LogP contribution in [0.4, 0.5) is 0 Å². The Labute approximate surface area is 169 Å². The van der Waals surface area contributed by atoms with Crippen molar-refractivity contribution >= 4 is 17.1 Å². The van der Waals surface area contributed by atoms with Gasteiger partial charge in [-0.2, -0.15) is 4.31 Å². The second-order valence-electron chi connectivity index (χ2n) is 8.73. The van der Waals surface area contributed by atoms with E-state index in [9.17, 15) is 8.42 Å². The van der Waals surface area contributed by atoms with E-state index in [1.165, 1.54) is 4.31 Å². The molecule has 7 heteroatoms. The Bertz CT molecular complexity index is 858. The monoisotopic (exact) mass is 403 g/mol. The summed E-state index contributed by atoms with van der Waals surface area (Å²) in [5.74, 6) is 0.00245. The molecule has 3 rings (SSSR count). The van der Waals surface area contributed by atoms with Gasteiger partial charge in [0.05, 0.1) is 16.1 Å². The molecule has 1 aromatic carbocycles. The first-order valence-corrected chi connectivity index (χ1v) is 11.1. The summed E-state index contributed by atoms with van der Waals surface area (Å²) in [6.45, 7) is 14.9. The zero-order chi connectivity index (χ0) is 20.7. The third-order valence-corrected chi connectivity index (χ3v) is 7.79. The molecule has 0 amide bonds. The second-order valence-corrected chi connectivity index (χ2v) is 10.7. The van der Waals surface area contributed by atoms with E-state index in [4.69, 9.17) is 9.31 Å². The van der Waals surface area contributed by atoms with Crippen molar-refractivity contribution in [2.24, 2.45) is 5.92 Å². The Morgan fingerprint density at radius 1 is 1.18 bits per heavy atom. The summed E-state index contributed by atoms with van der Waals surface area (Å²) in [4.78, 5) is 0.327. The van der Waals surface area contributed by atoms with Gasteiger partial charge in [-0.05, 0) is 46.8 Å². The number of hydrogen-bond acceptors (Lipinski definition) is 4. The van der Waals surface area contributed by atoms with E-state index in [1.54, 1.807) is 12.1 Å². The highest BCUT2D eigenvalue weighted by molar-refractivity contribution is 7.89. The maximum Gasteiger partial charge on any atom is 0.461 e. The van der Waals surface area contributed by atoms with Crippen LogP contribution in [-0.2, 0) is 19.3 Å². The summed E-state index contributed by atoms with van der Waals surface area (Å²) in [5.41, 5.74) is 1.25. The highest BCUT2D eigenvalue weighted by Gasteiger charge is 2.50. The van der Waals surface area contributed by atoms with Gasteiger partial charge in [-0.15, -0.1) is 0 Å². The van der Waals surface area contributed by atoms with Crippen molar-refractivity contribution < 1.29 is 17.7 Å². The smallest absolute Gasteiger partial charge is 0.403 e. The maximum absolute atomic E-state index is 12.9. The fourth-order valence-electron chi connectivity index (χ4n) is 3.41. The fraction of sp³-hybridized carbons (Fsp3) is 0.524. The molecule has 2 heterocycles. The van der Waals surface area contributed by atoms with Crippen LogP contribution >= 0.6 is 0 Å². The molecule has 28 heavy (non-hydrogen) atoms. The summed E-state index contributed by atoms with van der Waals surface area (Å²) in [6.07, 6.45) is 4.67. The van der Waals surface area contributed by atoms with Gasteiger partial charge in [-0.25, -0.2) is 8.42 Å². The van der Waals surface area contributed by atoms with Gasteiger partial charge in [-0.3, -0.25) is 0 Å². The van der Waals surface area contributed by atoms with Gasteiger partial charge >= 0.3 is 7.12 Å². The molecule has 0 bridgehead atoms. The summed E-state index contributed by atoms with van der Waals surface area (Å²) >= 11 is 0. The predicted molar refractivity (Wildman–Crippen MR) is 113 cm³/mol. The van der Waals surface area contributed by atoms with Crippen molar-refractivity contribution in [3.63, 3.8) is 0 Å². The number of benzene rings is 1. The second kappa shape index (κ2) is 7.45. The average Bonchev–Trinajstić information content (AvgIpc) is 3.05. The third-order valence-electron chi connectivity index (χ3n) is 5.96. The molecule has 0 aromatic heterocycles. The van der Waals surface area contributed by atoms with E-state index < -0.39 is 10.0 Å². The number of hydrogen-bond donors (Lipinski definition) is 0. The number of aryl methyl sites for hydroxylation is 1.